The van der Waals surface area contributed by atoms with Crippen LogP contribution in [-0.4, -0.2) is 23.3 Å². The summed E-state index contributed by atoms with van der Waals surface area (Å²) in [5, 5.41) is 0. The number of pyridine rings is 1. The van der Waals surface area contributed by atoms with Crippen LogP contribution in [0.25, 0.3) is 6.08 Å². The lowest BCUT2D eigenvalue weighted by atomic mass is 9.79. The molecule has 1 aliphatic heterocycles. The first-order chi connectivity index (χ1) is 8.25. The van der Waals surface area contributed by atoms with Crippen molar-refractivity contribution in [2.24, 2.45) is 0 Å². The summed E-state index contributed by atoms with van der Waals surface area (Å²) >= 11 is 0. The molecule has 18 heavy (non-hydrogen) atoms. The van der Waals surface area contributed by atoms with Crippen LogP contribution in [0.2, 0.25) is 0 Å². The quantitative estimate of drug-likeness (QED) is 0.594. The van der Waals surface area contributed by atoms with Crippen LogP contribution in [0.4, 0.5) is 4.39 Å². The van der Waals surface area contributed by atoms with E-state index in [4.69, 9.17) is 9.31 Å². The van der Waals surface area contributed by atoms with Gasteiger partial charge in [0.25, 0.3) is 0 Å². The fraction of sp³-hybridized carbons (Fsp3) is 0.462. The van der Waals surface area contributed by atoms with Gasteiger partial charge in [0.05, 0.1) is 16.9 Å². The molecule has 0 bridgehead atoms. The van der Waals surface area contributed by atoms with E-state index < -0.39 is 24.3 Å². The Bertz CT molecular complexity index is 472. The molecule has 0 unspecified atom stereocenters. The van der Waals surface area contributed by atoms with Gasteiger partial charge in [0.1, 0.15) is 0 Å². The lowest BCUT2D eigenvalue weighted by Gasteiger charge is -2.32. The van der Waals surface area contributed by atoms with Gasteiger partial charge in [0.15, 0.2) is 0 Å². The van der Waals surface area contributed by atoms with Gasteiger partial charge in [-0.2, -0.15) is 4.39 Å². The van der Waals surface area contributed by atoms with Gasteiger partial charge in [-0.25, -0.2) is 4.98 Å². The third-order valence-electron chi connectivity index (χ3n) is 3.57. The maximum absolute atomic E-state index is 13.4. The van der Waals surface area contributed by atoms with E-state index in [1.807, 2.05) is 27.7 Å². The Labute approximate surface area is 107 Å². The van der Waals surface area contributed by atoms with Crippen molar-refractivity contribution in [2.75, 3.05) is 0 Å². The molecular formula is C13H17BFNO2. The van der Waals surface area contributed by atoms with Crippen molar-refractivity contribution in [3.05, 3.63) is 30.4 Å². The van der Waals surface area contributed by atoms with Crippen molar-refractivity contribution in [1.29, 1.82) is 0 Å². The predicted octanol–water partition coefficient (Wildman–Crippen LogP) is 2.16. The first-order valence-electron chi connectivity index (χ1n) is 5.91. The lowest BCUT2D eigenvalue weighted by Crippen LogP contribution is -2.41. The van der Waals surface area contributed by atoms with E-state index in [1.165, 1.54) is 12.1 Å². The summed E-state index contributed by atoms with van der Waals surface area (Å²) in [6.45, 7) is 11.4. The third kappa shape index (κ3) is 2.20. The molecule has 1 saturated heterocycles. The van der Waals surface area contributed by atoms with Crippen LogP contribution in [0.15, 0.2) is 18.7 Å². The minimum Gasteiger partial charge on any atom is -0.399 e. The van der Waals surface area contributed by atoms with Crippen LogP contribution in [0.3, 0.4) is 0 Å². The monoisotopic (exact) mass is 249 g/mol. The number of hydrogen-bond donors (Lipinski definition) is 0. The van der Waals surface area contributed by atoms with E-state index in [9.17, 15) is 4.39 Å². The van der Waals surface area contributed by atoms with Gasteiger partial charge in [-0.15, -0.1) is 0 Å². The standard InChI is InChI=1S/C13H17BFNO2/c1-6-10-7-9(8-11(15)16-10)14-17-12(2,3)13(4,5)18-14/h6-8H,1H2,2-5H3. The molecule has 0 N–H and O–H groups in total. The van der Waals surface area contributed by atoms with Gasteiger partial charge >= 0.3 is 7.12 Å². The molecule has 3 nitrogen and oxygen atoms in total. The average Bonchev–Trinajstić information content (AvgIpc) is 2.47. The number of hydrogen-bond acceptors (Lipinski definition) is 3. The van der Waals surface area contributed by atoms with E-state index in [0.29, 0.717) is 11.2 Å². The second-order valence-corrected chi connectivity index (χ2v) is 5.44. The van der Waals surface area contributed by atoms with Crippen LogP contribution < -0.4 is 5.46 Å². The summed E-state index contributed by atoms with van der Waals surface area (Å²) in [7, 11) is -0.578. The molecule has 96 valence electrons. The summed E-state index contributed by atoms with van der Waals surface area (Å²) in [5.74, 6) is -0.558. The van der Waals surface area contributed by atoms with Crippen LogP contribution >= 0.6 is 0 Å². The zero-order valence-electron chi connectivity index (χ0n) is 11.2. The molecule has 1 fully saturated rings. The Balaban J connectivity index is 2.35. The highest BCUT2D eigenvalue weighted by Crippen LogP contribution is 2.36. The topological polar surface area (TPSA) is 31.4 Å². The maximum atomic E-state index is 13.4. The molecule has 1 aliphatic rings. The summed E-state index contributed by atoms with van der Waals surface area (Å²) in [6.07, 6.45) is 1.50. The van der Waals surface area contributed by atoms with E-state index in [0.717, 1.165) is 0 Å². The SMILES string of the molecule is C=Cc1cc(B2OC(C)(C)C(C)(C)O2)cc(F)n1. The molecule has 0 aromatic carbocycles. The van der Waals surface area contributed by atoms with Gasteiger partial charge in [0, 0.05) is 0 Å². The van der Waals surface area contributed by atoms with Crippen molar-refractivity contribution in [1.82, 2.24) is 4.98 Å². The van der Waals surface area contributed by atoms with Gasteiger partial charge in [-0.1, -0.05) is 6.58 Å². The molecule has 1 aromatic heterocycles. The Morgan fingerprint density at radius 3 is 2.28 bits per heavy atom. The molecule has 0 spiro atoms. The highest BCUT2D eigenvalue weighted by Gasteiger charge is 2.51. The molecular weight excluding hydrogens is 232 g/mol. The maximum Gasteiger partial charge on any atom is 0.495 e. The number of aromatic nitrogens is 1. The summed E-state index contributed by atoms with van der Waals surface area (Å²) in [6, 6.07) is 3.05. The van der Waals surface area contributed by atoms with E-state index in [2.05, 4.69) is 11.6 Å². The van der Waals surface area contributed by atoms with Crippen LogP contribution in [0.5, 0.6) is 0 Å². The Hall–Kier alpha value is -1.20. The number of nitrogens with zero attached hydrogens (tertiary/aromatic N) is 1. The van der Waals surface area contributed by atoms with Crippen LogP contribution in [-0.2, 0) is 9.31 Å². The van der Waals surface area contributed by atoms with Crippen molar-refractivity contribution >= 4 is 18.7 Å². The molecule has 2 rings (SSSR count). The first kappa shape index (κ1) is 13.2. The molecule has 1 aromatic rings. The molecule has 0 saturated carbocycles. The largest absolute Gasteiger partial charge is 0.495 e. The number of halogens is 1. The zero-order chi connectivity index (χ0) is 13.6. The van der Waals surface area contributed by atoms with Crippen molar-refractivity contribution in [3.8, 4) is 0 Å². The molecule has 0 aliphatic carbocycles. The smallest absolute Gasteiger partial charge is 0.399 e. The third-order valence-corrected chi connectivity index (χ3v) is 3.57. The highest BCUT2D eigenvalue weighted by molar-refractivity contribution is 6.62. The van der Waals surface area contributed by atoms with Gasteiger partial charge < -0.3 is 9.31 Å². The van der Waals surface area contributed by atoms with Crippen LogP contribution in [0.1, 0.15) is 33.4 Å². The minimum absolute atomic E-state index is 0.439. The minimum atomic E-state index is -0.578. The van der Waals surface area contributed by atoms with Gasteiger partial charge in [-0.3, -0.25) is 0 Å². The second kappa shape index (κ2) is 4.18. The van der Waals surface area contributed by atoms with Crippen molar-refractivity contribution < 1.29 is 13.7 Å². The Morgan fingerprint density at radius 2 is 1.78 bits per heavy atom. The van der Waals surface area contributed by atoms with Crippen LogP contribution in [0, 0.1) is 5.95 Å². The molecule has 2 heterocycles. The van der Waals surface area contributed by atoms with E-state index >= 15 is 0 Å². The zero-order valence-corrected chi connectivity index (χ0v) is 11.2. The summed E-state index contributed by atoms with van der Waals surface area (Å²) in [4.78, 5) is 3.70. The van der Waals surface area contributed by atoms with Crippen molar-refractivity contribution in [3.63, 3.8) is 0 Å². The summed E-state index contributed by atoms with van der Waals surface area (Å²) in [5.41, 5.74) is 0.216. The average molecular weight is 249 g/mol. The normalized spacial score (nSPS) is 21.1. The van der Waals surface area contributed by atoms with Gasteiger partial charge in [0.2, 0.25) is 5.95 Å². The van der Waals surface area contributed by atoms with E-state index in [1.54, 1.807) is 6.07 Å². The fourth-order valence-electron chi connectivity index (χ4n) is 1.76. The first-order valence-corrected chi connectivity index (χ1v) is 5.91. The molecule has 0 atom stereocenters. The summed E-state index contributed by atoms with van der Waals surface area (Å²) < 4.78 is 25.1. The molecule has 0 radical (unpaired) electrons. The Morgan fingerprint density at radius 1 is 1.22 bits per heavy atom. The molecule has 5 heteroatoms. The predicted molar refractivity (Wildman–Crippen MR) is 70.0 cm³/mol. The second-order valence-electron chi connectivity index (χ2n) is 5.44. The van der Waals surface area contributed by atoms with Gasteiger partial charge in [-0.05, 0) is 51.4 Å². The highest BCUT2D eigenvalue weighted by atomic mass is 19.1. The fourth-order valence-corrected chi connectivity index (χ4v) is 1.76. The van der Waals surface area contributed by atoms with E-state index in [-0.39, 0.29) is 0 Å². The van der Waals surface area contributed by atoms with Crippen molar-refractivity contribution in [2.45, 2.75) is 38.9 Å². The number of rotatable bonds is 2. The lowest BCUT2D eigenvalue weighted by molar-refractivity contribution is 0.00578. The Kier molecular flexibility index (Phi) is 3.07. The molecule has 0 amide bonds.